The Morgan fingerprint density at radius 2 is 1.83 bits per heavy atom. The number of hydrogen-bond donors (Lipinski definition) is 2. The minimum atomic E-state index is -3.55. The molecule has 1 aliphatic rings. The molecule has 0 aliphatic carbocycles. The third-order valence-electron chi connectivity index (χ3n) is 6.30. The molecule has 2 heterocycles. The molecule has 1 amide bonds. The maximum Gasteiger partial charge on any atom is 0.252 e. The summed E-state index contributed by atoms with van der Waals surface area (Å²) in [7, 11) is -2.00. The Hall–Kier alpha value is -2.88. The van der Waals surface area contributed by atoms with Crippen LogP contribution in [0.4, 0.5) is 5.69 Å². The van der Waals surface area contributed by atoms with Gasteiger partial charge in [-0.3, -0.25) is 4.79 Å². The fourth-order valence-corrected chi connectivity index (χ4v) is 7.20. The number of rotatable bonds is 10. The van der Waals surface area contributed by atoms with E-state index in [0.29, 0.717) is 28.6 Å². The van der Waals surface area contributed by atoms with Crippen molar-refractivity contribution in [3.8, 4) is 5.75 Å². The average molecular weight is 528 g/mol. The Kier molecular flexibility index (Phi) is 8.66. The van der Waals surface area contributed by atoms with Crippen LogP contribution < -0.4 is 15.4 Å². The predicted octanol–water partition coefficient (Wildman–Crippen LogP) is 4.90. The van der Waals surface area contributed by atoms with Crippen molar-refractivity contribution >= 4 is 33.0 Å². The molecular formula is C27H33N3O4S2. The van der Waals surface area contributed by atoms with Crippen molar-refractivity contribution in [3.63, 3.8) is 0 Å². The molecule has 3 aromatic rings. The highest BCUT2D eigenvalue weighted by Crippen LogP contribution is 2.28. The standard InChI is InChI=1S/C27H33N3O4S2/c1-3-5-20-8-10-22(11-9-20)29-23-14-16-30(17-15-23)36(32,33)26-13-12-25(35-26)19-28-27(31)21-6-4-7-24(18-21)34-2/h4,6-13,18,23,29H,3,5,14-17,19H2,1-2H3,(H,28,31). The minimum Gasteiger partial charge on any atom is -0.497 e. The van der Waals surface area contributed by atoms with Crippen molar-refractivity contribution in [2.24, 2.45) is 0 Å². The first-order chi connectivity index (χ1) is 17.4. The summed E-state index contributed by atoms with van der Waals surface area (Å²) >= 11 is 1.20. The van der Waals surface area contributed by atoms with Gasteiger partial charge < -0.3 is 15.4 Å². The highest BCUT2D eigenvalue weighted by molar-refractivity contribution is 7.91. The monoisotopic (exact) mass is 527 g/mol. The summed E-state index contributed by atoms with van der Waals surface area (Å²) in [5, 5.41) is 6.40. The zero-order valence-corrected chi connectivity index (χ0v) is 22.3. The number of carbonyl (C=O) groups excluding carboxylic acids is 1. The molecular weight excluding hydrogens is 494 g/mol. The number of ether oxygens (including phenoxy) is 1. The number of carbonyl (C=O) groups is 1. The molecule has 0 bridgehead atoms. The minimum absolute atomic E-state index is 0.235. The molecule has 0 unspecified atom stereocenters. The number of piperidine rings is 1. The van der Waals surface area contributed by atoms with E-state index >= 15 is 0 Å². The van der Waals surface area contributed by atoms with Gasteiger partial charge in [0.15, 0.2) is 0 Å². The van der Waals surface area contributed by atoms with E-state index in [1.807, 2.05) is 0 Å². The number of amides is 1. The van der Waals surface area contributed by atoms with Crippen LogP contribution >= 0.6 is 11.3 Å². The maximum absolute atomic E-state index is 13.2. The zero-order valence-electron chi connectivity index (χ0n) is 20.7. The zero-order chi connectivity index (χ0) is 25.5. The fourth-order valence-electron chi connectivity index (χ4n) is 4.29. The van der Waals surface area contributed by atoms with E-state index in [1.54, 1.807) is 47.8 Å². The molecule has 36 heavy (non-hydrogen) atoms. The number of anilines is 1. The van der Waals surface area contributed by atoms with E-state index in [9.17, 15) is 13.2 Å². The number of sulfonamides is 1. The van der Waals surface area contributed by atoms with E-state index in [4.69, 9.17) is 4.74 Å². The first kappa shape index (κ1) is 26.2. The Morgan fingerprint density at radius 1 is 1.08 bits per heavy atom. The number of benzene rings is 2. The summed E-state index contributed by atoms with van der Waals surface area (Å²) in [5.41, 5.74) is 2.90. The third-order valence-corrected chi connectivity index (χ3v) is 9.75. The van der Waals surface area contributed by atoms with Crippen LogP contribution in [0, 0.1) is 0 Å². The van der Waals surface area contributed by atoms with Gasteiger partial charge in [-0.15, -0.1) is 11.3 Å². The summed E-state index contributed by atoms with van der Waals surface area (Å²) in [6.07, 6.45) is 3.72. The summed E-state index contributed by atoms with van der Waals surface area (Å²) in [6.45, 7) is 3.40. The lowest BCUT2D eigenvalue weighted by Gasteiger charge is -2.31. The molecule has 1 aliphatic heterocycles. The first-order valence-electron chi connectivity index (χ1n) is 12.3. The van der Waals surface area contributed by atoms with Crippen LogP contribution in [0.1, 0.15) is 47.0 Å². The largest absolute Gasteiger partial charge is 0.497 e. The van der Waals surface area contributed by atoms with Gasteiger partial charge in [0.25, 0.3) is 15.9 Å². The molecule has 2 N–H and O–H groups in total. The Bertz CT molecular complexity index is 1260. The number of methoxy groups -OCH3 is 1. The molecule has 7 nitrogen and oxygen atoms in total. The van der Waals surface area contributed by atoms with Gasteiger partial charge in [-0.25, -0.2) is 8.42 Å². The molecule has 4 rings (SSSR count). The Morgan fingerprint density at radius 3 is 2.53 bits per heavy atom. The topological polar surface area (TPSA) is 87.7 Å². The molecule has 9 heteroatoms. The average Bonchev–Trinajstić information content (AvgIpc) is 3.39. The quantitative estimate of drug-likeness (QED) is 0.391. The molecule has 2 aromatic carbocycles. The van der Waals surface area contributed by atoms with Gasteiger partial charge in [-0.2, -0.15) is 4.31 Å². The van der Waals surface area contributed by atoms with Gasteiger partial charge in [0.2, 0.25) is 0 Å². The molecule has 0 radical (unpaired) electrons. The first-order valence-corrected chi connectivity index (χ1v) is 14.5. The van der Waals surface area contributed by atoms with E-state index in [2.05, 4.69) is 41.8 Å². The second-order valence-electron chi connectivity index (χ2n) is 8.90. The van der Waals surface area contributed by atoms with Gasteiger partial charge >= 0.3 is 0 Å². The van der Waals surface area contributed by atoms with Crippen molar-refractivity contribution < 1.29 is 17.9 Å². The van der Waals surface area contributed by atoms with E-state index in [1.165, 1.54) is 16.9 Å². The van der Waals surface area contributed by atoms with Crippen LogP contribution in [-0.4, -0.2) is 44.9 Å². The lowest BCUT2D eigenvalue weighted by molar-refractivity contribution is 0.0951. The van der Waals surface area contributed by atoms with Crippen molar-refractivity contribution in [3.05, 3.63) is 76.7 Å². The highest BCUT2D eigenvalue weighted by atomic mass is 32.2. The van der Waals surface area contributed by atoms with Crippen molar-refractivity contribution in [1.29, 1.82) is 0 Å². The van der Waals surface area contributed by atoms with Crippen LogP contribution in [0.3, 0.4) is 0 Å². The van der Waals surface area contributed by atoms with Gasteiger partial charge in [0.1, 0.15) is 9.96 Å². The summed E-state index contributed by atoms with van der Waals surface area (Å²) < 4.78 is 33.5. The third kappa shape index (κ3) is 6.46. The van der Waals surface area contributed by atoms with Crippen molar-refractivity contribution in [2.75, 3.05) is 25.5 Å². The summed E-state index contributed by atoms with van der Waals surface area (Å²) in [5.74, 6) is 0.372. The van der Waals surface area contributed by atoms with Gasteiger partial charge in [0, 0.05) is 35.3 Å². The Labute approximate surface area is 217 Å². The van der Waals surface area contributed by atoms with Crippen LogP contribution in [0.15, 0.2) is 64.9 Å². The van der Waals surface area contributed by atoms with Crippen LogP contribution in [-0.2, 0) is 23.0 Å². The van der Waals surface area contributed by atoms with Gasteiger partial charge in [-0.1, -0.05) is 31.5 Å². The molecule has 1 fully saturated rings. The summed E-state index contributed by atoms with van der Waals surface area (Å²) in [6, 6.07) is 19.1. The van der Waals surface area contributed by atoms with Gasteiger partial charge in [0.05, 0.1) is 13.7 Å². The van der Waals surface area contributed by atoms with E-state index < -0.39 is 10.0 Å². The fraction of sp³-hybridized carbons (Fsp3) is 0.370. The smallest absolute Gasteiger partial charge is 0.252 e. The number of hydrogen-bond acceptors (Lipinski definition) is 6. The Balaban J connectivity index is 1.29. The number of aryl methyl sites for hydroxylation is 1. The SMILES string of the molecule is CCCc1ccc(NC2CCN(S(=O)(=O)c3ccc(CNC(=O)c4cccc(OC)c4)s3)CC2)cc1. The van der Waals surface area contributed by atoms with Crippen LogP contribution in [0.5, 0.6) is 5.75 Å². The van der Waals surface area contributed by atoms with E-state index in [-0.39, 0.29) is 18.5 Å². The maximum atomic E-state index is 13.2. The number of thiophene rings is 1. The second kappa shape index (κ2) is 11.9. The lowest BCUT2D eigenvalue weighted by atomic mass is 10.1. The molecule has 0 atom stereocenters. The summed E-state index contributed by atoms with van der Waals surface area (Å²) in [4.78, 5) is 13.2. The second-order valence-corrected chi connectivity index (χ2v) is 12.2. The van der Waals surface area contributed by atoms with Crippen LogP contribution in [0.25, 0.3) is 0 Å². The lowest BCUT2D eigenvalue weighted by Crippen LogP contribution is -2.42. The molecule has 1 saturated heterocycles. The normalized spacial score (nSPS) is 14.9. The van der Waals surface area contributed by atoms with Crippen LogP contribution in [0.2, 0.25) is 0 Å². The highest BCUT2D eigenvalue weighted by Gasteiger charge is 2.30. The molecule has 0 spiro atoms. The number of nitrogens with one attached hydrogen (secondary N) is 2. The van der Waals surface area contributed by atoms with Crippen molar-refractivity contribution in [1.82, 2.24) is 9.62 Å². The molecule has 0 saturated carbocycles. The van der Waals surface area contributed by atoms with Crippen molar-refractivity contribution in [2.45, 2.75) is 49.4 Å². The predicted molar refractivity (Wildman–Crippen MR) is 144 cm³/mol. The van der Waals surface area contributed by atoms with Gasteiger partial charge in [-0.05, 0) is 67.3 Å². The number of nitrogens with zero attached hydrogens (tertiary/aromatic N) is 1. The molecule has 1 aromatic heterocycles. The van der Waals surface area contributed by atoms with E-state index in [0.717, 1.165) is 36.2 Å². The molecule has 192 valence electrons.